The quantitative estimate of drug-likeness (QED) is 0.324. The van der Waals surface area contributed by atoms with E-state index in [2.05, 4.69) is 15.6 Å². The summed E-state index contributed by atoms with van der Waals surface area (Å²) in [5, 5.41) is 11.7. The molecule has 0 saturated heterocycles. The number of fused-ring (bicyclic) bond motifs is 1. The van der Waals surface area contributed by atoms with Crippen LogP contribution in [0.25, 0.3) is 11.0 Å². The van der Waals surface area contributed by atoms with E-state index in [0.717, 1.165) is 42.3 Å². The third kappa shape index (κ3) is 5.36. The largest absolute Gasteiger partial charge is 0.493 e. The summed E-state index contributed by atoms with van der Waals surface area (Å²) in [6, 6.07) is 17.8. The first kappa shape index (κ1) is 27.2. The van der Waals surface area contributed by atoms with Gasteiger partial charge < -0.3 is 14.8 Å². The molecule has 1 heterocycles. The molecule has 1 aromatic heterocycles. The van der Waals surface area contributed by atoms with Crippen molar-refractivity contribution in [2.24, 2.45) is 0 Å². The van der Waals surface area contributed by atoms with Crippen LogP contribution in [0.1, 0.15) is 48.4 Å². The lowest BCUT2D eigenvalue weighted by molar-refractivity contribution is -0.127. The number of carbonyl (C=O) groups is 2. The maximum Gasteiger partial charge on any atom is 0.249 e. The third-order valence-corrected chi connectivity index (χ3v) is 7.53. The highest BCUT2D eigenvalue weighted by Gasteiger charge is 2.37. The van der Waals surface area contributed by atoms with Gasteiger partial charge in [-0.1, -0.05) is 54.5 Å². The number of methoxy groups -OCH3 is 2. The van der Waals surface area contributed by atoms with Gasteiger partial charge in [-0.25, -0.2) is 4.68 Å². The first-order valence-corrected chi connectivity index (χ1v) is 13.6. The molecule has 1 fully saturated rings. The molecule has 1 atom stereocenters. The second kappa shape index (κ2) is 11.8. The van der Waals surface area contributed by atoms with Crippen LogP contribution in [0, 0.1) is 13.8 Å². The summed E-state index contributed by atoms with van der Waals surface area (Å²) < 4.78 is 12.9. The van der Waals surface area contributed by atoms with Gasteiger partial charge in [-0.3, -0.25) is 14.5 Å². The van der Waals surface area contributed by atoms with Crippen molar-refractivity contribution in [1.82, 2.24) is 20.3 Å². The molecule has 40 heavy (non-hydrogen) atoms. The van der Waals surface area contributed by atoms with Crippen LogP contribution in [0.3, 0.4) is 0 Å². The second-order valence-electron chi connectivity index (χ2n) is 10.3. The number of ether oxygens (including phenoxy) is 2. The fourth-order valence-electron chi connectivity index (χ4n) is 5.51. The van der Waals surface area contributed by atoms with E-state index in [0.29, 0.717) is 28.3 Å². The Kier molecular flexibility index (Phi) is 8.00. The fraction of sp³-hybridized carbons (Fsp3) is 0.355. The lowest BCUT2D eigenvalue weighted by Crippen LogP contribution is -2.47. The standard InChI is InChI=1S/C31H35N5O4/c1-20-16-17-21(2)26(18-20)36(28(37)19-35-25-14-8-7-13-24(25)33-34-35)29(31(38)32-22-10-5-6-11-22)23-12-9-15-27(39-3)30(23)40-4/h7-9,12-18,22,29H,5-6,10-11,19H2,1-4H3,(H,32,38)/t29-/m1/s1. The molecule has 3 aromatic carbocycles. The van der Waals surface area contributed by atoms with Crippen LogP contribution in [0.4, 0.5) is 5.69 Å². The van der Waals surface area contributed by atoms with E-state index in [1.54, 1.807) is 29.9 Å². The normalized spacial score (nSPS) is 14.2. The van der Waals surface area contributed by atoms with Gasteiger partial charge in [0.05, 0.1) is 19.7 Å². The zero-order chi connectivity index (χ0) is 28.2. The van der Waals surface area contributed by atoms with Gasteiger partial charge in [0, 0.05) is 17.3 Å². The number of hydrogen-bond acceptors (Lipinski definition) is 6. The van der Waals surface area contributed by atoms with Crippen LogP contribution in [-0.2, 0) is 16.1 Å². The Hall–Kier alpha value is -4.40. The van der Waals surface area contributed by atoms with Gasteiger partial charge in [0.2, 0.25) is 11.8 Å². The number of rotatable bonds is 9. The monoisotopic (exact) mass is 541 g/mol. The van der Waals surface area contributed by atoms with Crippen molar-refractivity contribution in [3.05, 3.63) is 77.4 Å². The molecule has 0 bridgehead atoms. The predicted molar refractivity (Wildman–Crippen MR) is 154 cm³/mol. The molecule has 4 aromatic rings. The smallest absolute Gasteiger partial charge is 0.249 e. The molecular formula is C31H35N5O4. The Morgan fingerprint density at radius 3 is 2.55 bits per heavy atom. The Bertz CT molecular complexity index is 1530. The van der Waals surface area contributed by atoms with Crippen molar-refractivity contribution in [2.45, 2.75) is 58.2 Å². The number of benzene rings is 3. The van der Waals surface area contributed by atoms with E-state index in [9.17, 15) is 9.59 Å². The Labute approximate surface area is 234 Å². The molecule has 1 saturated carbocycles. The highest BCUT2D eigenvalue weighted by Crippen LogP contribution is 2.40. The first-order valence-electron chi connectivity index (χ1n) is 13.6. The highest BCUT2D eigenvalue weighted by molar-refractivity contribution is 6.02. The number of aromatic nitrogens is 3. The van der Waals surface area contributed by atoms with Crippen molar-refractivity contribution in [3.63, 3.8) is 0 Å². The molecule has 0 spiro atoms. The molecule has 0 radical (unpaired) electrons. The van der Waals surface area contributed by atoms with Crippen molar-refractivity contribution >= 4 is 28.5 Å². The number of hydrogen-bond donors (Lipinski definition) is 1. The minimum absolute atomic E-state index is 0.0569. The number of aryl methyl sites for hydroxylation is 2. The maximum atomic E-state index is 14.4. The van der Waals surface area contributed by atoms with Crippen LogP contribution in [0.2, 0.25) is 0 Å². The highest BCUT2D eigenvalue weighted by atomic mass is 16.5. The van der Waals surface area contributed by atoms with Crippen molar-refractivity contribution in [1.29, 1.82) is 0 Å². The van der Waals surface area contributed by atoms with Crippen molar-refractivity contribution in [3.8, 4) is 11.5 Å². The number of para-hydroxylation sites is 2. The molecule has 1 aliphatic rings. The predicted octanol–water partition coefficient (Wildman–Crippen LogP) is 4.90. The van der Waals surface area contributed by atoms with Gasteiger partial charge in [-0.15, -0.1) is 5.10 Å². The summed E-state index contributed by atoms with van der Waals surface area (Å²) in [4.78, 5) is 30.3. The molecule has 1 N–H and O–H groups in total. The van der Waals surface area contributed by atoms with Crippen LogP contribution >= 0.6 is 0 Å². The van der Waals surface area contributed by atoms with Gasteiger partial charge in [0.15, 0.2) is 11.5 Å². The summed E-state index contributed by atoms with van der Waals surface area (Å²) in [5.74, 6) is 0.317. The Balaban J connectivity index is 1.67. The Morgan fingerprint density at radius 2 is 1.80 bits per heavy atom. The maximum absolute atomic E-state index is 14.4. The van der Waals surface area contributed by atoms with E-state index < -0.39 is 6.04 Å². The second-order valence-corrected chi connectivity index (χ2v) is 10.3. The van der Waals surface area contributed by atoms with Gasteiger partial charge in [0.1, 0.15) is 18.1 Å². The average molecular weight is 542 g/mol. The number of nitrogens with one attached hydrogen (secondary N) is 1. The van der Waals surface area contributed by atoms with Gasteiger partial charge in [-0.2, -0.15) is 0 Å². The van der Waals surface area contributed by atoms with E-state index in [1.165, 1.54) is 0 Å². The van der Waals surface area contributed by atoms with E-state index in [1.807, 2.05) is 68.4 Å². The van der Waals surface area contributed by atoms with Crippen LogP contribution in [-0.4, -0.2) is 47.1 Å². The van der Waals surface area contributed by atoms with E-state index in [-0.39, 0.29) is 24.4 Å². The van der Waals surface area contributed by atoms with E-state index in [4.69, 9.17) is 9.47 Å². The molecule has 9 heteroatoms. The summed E-state index contributed by atoms with van der Waals surface area (Å²) >= 11 is 0. The molecule has 2 amide bonds. The number of nitrogens with zero attached hydrogens (tertiary/aromatic N) is 4. The zero-order valence-corrected chi connectivity index (χ0v) is 23.4. The molecule has 208 valence electrons. The third-order valence-electron chi connectivity index (χ3n) is 7.53. The van der Waals surface area contributed by atoms with Gasteiger partial charge >= 0.3 is 0 Å². The lowest BCUT2D eigenvalue weighted by Gasteiger charge is -2.34. The van der Waals surface area contributed by atoms with Crippen molar-refractivity contribution in [2.75, 3.05) is 19.1 Å². The number of anilines is 1. The summed E-state index contributed by atoms with van der Waals surface area (Å²) in [6.07, 6.45) is 3.96. The summed E-state index contributed by atoms with van der Waals surface area (Å²) in [7, 11) is 3.09. The summed E-state index contributed by atoms with van der Waals surface area (Å²) in [5.41, 5.74) is 4.45. The van der Waals surface area contributed by atoms with Gasteiger partial charge in [-0.05, 0) is 62.1 Å². The van der Waals surface area contributed by atoms with Crippen LogP contribution < -0.4 is 19.7 Å². The van der Waals surface area contributed by atoms with Crippen LogP contribution in [0.15, 0.2) is 60.7 Å². The van der Waals surface area contributed by atoms with Crippen molar-refractivity contribution < 1.29 is 19.1 Å². The molecular weight excluding hydrogens is 506 g/mol. The first-order chi connectivity index (χ1) is 19.4. The Morgan fingerprint density at radius 1 is 1.02 bits per heavy atom. The molecule has 5 rings (SSSR count). The topological polar surface area (TPSA) is 98.6 Å². The van der Waals surface area contributed by atoms with Gasteiger partial charge in [0.25, 0.3) is 0 Å². The minimum atomic E-state index is -1.02. The zero-order valence-electron chi connectivity index (χ0n) is 23.4. The van der Waals surface area contributed by atoms with E-state index >= 15 is 0 Å². The molecule has 0 unspecified atom stereocenters. The number of carbonyl (C=O) groups excluding carboxylic acids is 2. The molecule has 9 nitrogen and oxygen atoms in total. The molecule has 1 aliphatic carbocycles. The van der Waals surface area contributed by atoms with Crippen LogP contribution in [0.5, 0.6) is 11.5 Å². The summed E-state index contributed by atoms with van der Waals surface area (Å²) in [6.45, 7) is 3.80. The average Bonchev–Trinajstić information content (AvgIpc) is 3.62. The number of amides is 2. The SMILES string of the molecule is COc1cccc([C@H](C(=O)NC2CCCC2)N(C(=O)Cn2nnc3ccccc32)c2cc(C)ccc2C)c1OC. The lowest BCUT2D eigenvalue weighted by atomic mass is 9.99. The fourth-order valence-corrected chi connectivity index (χ4v) is 5.51. The minimum Gasteiger partial charge on any atom is -0.493 e. The molecule has 0 aliphatic heterocycles.